The Kier molecular flexibility index (Phi) is 5.04. The first-order chi connectivity index (χ1) is 9.77. The zero-order valence-electron chi connectivity index (χ0n) is 13.8. The molecule has 21 heavy (non-hydrogen) atoms. The van der Waals surface area contributed by atoms with Gasteiger partial charge in [0.1, 0.15) is 0 Å². The first kappa shape index (κ1) is 16.4. The van der Waals surface area contributed by atoms with E-state index in [1.54, 1.807) is 11.3 Å². The summed E-state index contributed by atoms with van der Waals surface area (Å²) in [5.74, 6) is 0.268. The van der Waals surface area contributed by atoms with Crippen LogP contribution in [0.15, 0.2) is 5.38 Å². The van der Waals surface area contributed by atoms with Gasteiger partial charge in [0.25, 0.3) is 0 Å². The van der Waals surface area contributed by atoms with Gasteiger partial charge in [0.05, 0.1) is 10.7 Å². The predicted octanol–water partition coefficient (Wildman–Crippen LogP) is 3.14. The van der Waals surface area contributed by atoms with Crippen LogP contribution in [0.2, 0.25) is 0 Å². The average Bonchev–Trinajstić information content (AvgIpc) is 2.84. The van der Waals surface area contributed by atoms with E-state index >= 15 is 0 Å². The van der Waals surface area contributed by atoms with Gasteiger partial charge < -0.3 is 10.2 Å². The maximum atomic E-state index is 12.3. The van der Waals surface area contributed by atoms with Crippen molar-refractivity contribution in [2.24, 2.45) is 5.41 Å². The minimum Gasteiger partial charge on any atom is -0.342 e. The lowest BCUT2D eigenvalue weighted by Gasteiger charge is -2.36. The van der Waals surface area contributed by atoms with Gasteiger partial charge in [0.15, 0.2) is 0 Å². The molecule has 2 rings (SSSR count). The smallest absolute Gasteiger partial charge is 0.227 e. The summed E-state index contributed by atoms with van der Waals surface area (Å²) < 4.78 is 0. The molecule has 1 aliphatic rings. The van der Waals surface area contributed by atoms with Crippen molar-refractivity contribution in [3.8, 4) is 0 Å². The van der Waals surface area contributed by atoms with Gasteiger partial charge in [-0.1, -0.05) is 20.8 Å². The second kappa shape index (κ2) is 6.44. The maximum absolute atomic E-state index is 12.3. The number of thiazole rings is 1. The van der Waals surface area contributed by atoms with Gasteiger partial charge in [-0.3, -0.25) is 4.79 Å². The van der Waals surface area contributed by atoms with Crippen molar-refractivity contribution < 1.29 is 4.79 Å². The van der Waals surface area contributed by atoms with Gasteiger partial charge in [-0.25, -0.2) is 4.98 Å². The van der Waals surface area contributed by atoms with Gasteiger partial charge >= 0.3 is 0 Å². The van der Waals surface area contributed by atoms with Crippen LogP contribution in [-0.2, 0) is 4.79 Å². The van der Waals surface area contributed by atoms with E-state index in [-0.39, 0.29) is 17.4 Å². The van der Waals surface area contributed by atoms with E-state index in [0.29, 0.717) is 6.04 Å². The van der Waals surface area contributed by atoms with E-state index in [4.69, 9.17) is 0 Å². The third-order valence-corrected chi connectivity index (χ3v) is 4.78. The number of hydrogen-bond donors (Lipinski definition) is 1. The highest BCUT2D eigenvalue weighted by molar-refractivity contribution is 7.09. The lowest BCUT2D eigenvalue weighted by atomic mass is 9.93. The van der Waals surface area contributed by atoms with Crippen molar-refractivity contribution in [2.75, 3.05) is 13.1 Å². The van der Waals surface area contributed by atoms with Crippen LogP contribution in [0.25, 0.3) is 0 Å². The molecule has 1 aliphatic heterocycles. The van der Waals surface area contributed by atoms with Gasteiger partial charge in [-0.15, -0.1) is 11.3 Å². The summed E-state index contributed by atoms with van der Waals surface area (Å²) in [6.45, 7) is 11.9. The number of piperidine rings is 1. The van der Waals surface area contributed by atoms with Crippen molar-refractivity contribution in [2.45, 2.75) is 59.5 Å². The lowest BCUT2D eigenvalue weighted by molar-refractivity contribution is -0.140. The molecule has 1 aromatic rings. The number of nitrogens with one attached hydrogen (secondary N) is 1. The van der Waals surface area contributed by atoms with Gasteiger partial charge in [-0.2, -0.15) is 0 Å². The van der Waals surface area contributed by atoms with E-state index < -0.39 is 0 Å². The Bertz CT molecular complexity index is 484. The van der Waals surface area contributed by atoms with Gasteiger partial charge in [-0.05, 0) is 26.7 Å². The predicted molar refractivity (Wildman–Crippen MR) is 87.5 cm³/mol. The van der Waals surface area contributed by atoms with Crippen LogP contribution in [0.3, 0.4) is 0 Å². The molecule has 1 saturated heterocycles. The Hall–Kier alpha value is -0.940. The van der Waals surface area contributed by atoms with E-state index in [2.05, 4.69) is 22.6 Å². The number of carbonyl (C=O) groups is 1. The first-order valence-corrected chi connectivity index (χ1v) is 8.63. The highest BCUT2D eigenvalue weighted by atomic mass is 32.1. The summed E-state index contributed by atoms with van der Waals surface area (Å²) in [7, 11) is 0. The highest BCUT2D eigenvalue weighted by Gasteiger charge is 2.30. The summed E-state index contributed by atoms with van der Waals surface area (Å²) in [6, 6.07) is 0.760. The Balaban J connectivity index is 1.83. The third kappa shape index (κ3) is 4.27. The molecule has 0 spiro atoms. The molecule has 5 heteroatoms. The van der Waals surface area contributed by atoms with Gasteiger partial charge in [0, 0.05) is 36.0 Å². The number of likely N-dealkylation sites (tertiary alicyclic amines) is 1. The highest BCUT2D eigenvalue weighted by Crippen LogP contribution is 2.23. The summed E-state index contributed by atoms with van der Waals surface area (Å²) in [4.78, 5) is 18.8. The minimum atomic E-state index is -0.272. The fraction of sp³-hybridized carbons (Fsp3) is 0.750. The number of amides is 1. The molecule has 1 fully saturated rings. The van der Waals surface area contributed by atoms with Crippen molar-refractivity contribution in [1.82, 2.24) is 15.2 Å². The van der Waals surface area contributed by atoms with Crippen LogP contribution in [0.1, 0.15) is 57.3 Å². The molecule has 1 amide bonds. The molecular weight excluding hydrogens is 282 g/mol. The summed E-state index contributed by atoms with van der Waals surface area (Å²) in [5.41, 5.74) is 0.858. The standard InChI is InChI=1S/C16H27N3OS/c1-11(14-10-21-12(2)18-14)17-13-6-8-19(9-7-13)15(20)16(3,4)5/h10-11,13,17H,6-9H2,1-5H3. The molecular formula is C16H27N3OS. The number of rotatable bonds is 3. The first-order valence-electron chi connectivity index (χ1n) is 7.75. The zero-order chi connectivity index (χ0) is 15.6. The molecule has 1 N–H and O–H groups in total. The number of nitrogens with zero attached hydrogens (tertiary/aromatic N) is 2. The SMILES string of the molecule is Cc1nc(C(C)NC2CCN(C(=O)C(C)(C)C)CC2)cs1. The minimum absolute atomic E-state index is 0.268. The Morgan fingerprint density at radius 2 is 2.05 bits per heavy atom. The molecule has 118 valence electrons. The van der Waals surface area contributed by atoms with Gasteiger partial charge in [0.2, 0.25) is 5.91 Å². The van der Waals surface area contributed by atoms with Crippen molar-refractivity contribution >= 4 is 17.2 Å². The number of hydrogen-bond acceptors (Lipinski definition) is 4. The monoisotopic (exact) mass is 309 g/mol. The molecule has 2 heterocycles. The molecule has 0 aromatic carbocycles. The fourth-order valence-corrected chi connectivity index (χ4v) is 3.45. The summed E-state index contributed by atoms with van der Waals surface area (Å²) in [5, 5.41) is 6.90. The Labute approximate surface area is 132 Å². The fourth-order valence-electron chi connectivity index (χ4n) is 2.74. The summed E-state index contributed by atoms with van der Waals surface area (Å²) >= 11 is 1.70. The maximum Gasteiger partial charge on any atom is 0.227 e. The van der Waals surface area contributed by atoms with E-state index in [1.165, 1.54) is 0 Å². The number of carbonyl (C=O) groups excluding carboxylic acids is 1. The molecule has 0 bridgehead atoms. The van der Waals surface area contributed by atoms with Crippen molar-refractivity contribution in [1.29, 1.82) is 0 Å². The normalized spacial score (nSPS) is 18.8. The number of aryl methyl sites for hydroxylation is 1. The van der Waals surface area contributed by atoms with Crippen LogP contribution < -0.4 is 5.32 Å². The Morgan fingerprint density at radius 1 is 1.43 bits per heavy atom. The second-order valence-corrected chi connectivity index (χ2v) is 8.06. The topological polar surface area (TPSA) is 45.2 Å². The largest absolute Gasteiger partial charge is 0.342 e. The Morgan fingerprint density at radius 3 is 2.52 bits per heavy atom. The van der Waals surface area contributed by atoms with Crippen molar-refractivity contribution in [3.05, 3.63) is 16.1 Å². The van der Waals surface area contributed by atoms with Crippen LogP contribution in [0.4, 0.5) is 0 Å². The van der Waals surface area contributed by atoms with Crippen LogP contribution in [-0.4, -0.2) is 34.9 Å². The zero-order valence-corrected chi connectivity index (χ0v) is 14.6. The van der Waals surface area contributed by atoms with E-state index in [9.17, 15) is 4.79 Å². The van der Waals surface area contributed by atoms with E-state index in [0.717, 1.165) is 36.6 Å². The quantitative estimate of drug-likeness (QED) is 0.933. The molecule has 1 aromatic heterocycles. The van der Waals surface area contributed by atoms with Crippen LogP contribution in [0.5, 0.6) is 0 Å². The molecule has 0 radical (unpaired) electrons. The molecule has 1 unspecified atom stereocenters. The van der Waals surface area contributed by atoms with Crippen LogP contribution in [0, 0.1) is 12.3 Å². The average molecular weight is 309 g/mol. The molecule has 0 aliphatic carbocycles. The summed E-state index contributed by atoms with van der Waals surface area (Å²) in [6.07, 6.45) is 2.05. The van der Waals surface area contributed by atoms with Crippen molar-refractivity contribution in [3.63, 3.8) is 0 Å². The van der Waals surface area contributed by atoms with E-state index in [1.807, 2.05) is 32.6 Å². The lowest BCUT2D eigenvalue weighted by Crippen LogP contribution is -2.48. The molecule has 4 nitrogen and oxygen atoms in total. The second-order valence-electron chi connectivity index (χ2n) is 7.00. The molecule has 0 saturated carbocycles. The van der Waals surface area contributed by atoms with Crippen LogP contribution >= 0.6 is 11.3 Å². The molecule has 1 atom stereocenters. The third-order valence-electron chi connectivity index (χ3n) is 3.99. The number of aromatic nitrogens is 1.